The second-order valence-electron chi connectivity index (χ2n) is 8.54. The molecule has 0 spiro atoms. The van der Waals surface area contributed by atoms with Crippen LogP contribution in [0.2, 0.25) is 0 Å². The molecule has 3 heterocycles. The van der Waals surface area contributed by atoms with Crippen LogP contribution in [0, 0.1) is 0 Å². The molecular formula is C18H34Cl2N2O4P4S2. The Morgan fingerprint density at radius 3 is 1.38 bits per heavy atom. The average Bonchev–Trinajstić information content (AvgIpc) is 2.84. The normalized spacial score (nSPS) is 46.2. The van der Waals surface area contributed by atoms with Gasteiger partial charge in [-0.3, -0.25) is 0 Å². The first-order valence-corrected chi connectivity index (χ1v) is 21.0. The Bertz CT molecular complexity index is 602. The Morgan fingerprint density at radius 1 is 0.656 bits per heavy atom. The van der Waals surface area contributed by atoms with Crippen molar-refractivity contribution in [3.63, 3.8) is 0 Å². The summed E-state index contributed by atoms with van der Waals surface area (Å²) in [7, 11) is 1.40. The van der Waals surface area contributed by atoms with Crippen molar-refractivity contribution in [2.45, 2.75) is 75.8 Å². The van der Waals surface area contributed by atoms with Crippen LogP contribution < -0.4 is 0 Å². The van der Waals surface area contributed by atoms with Gasteiger partial charge in [0.1, 0.15) is 31.6 Å². The summed E-state index contributed by atoms with van der Waals surface area (Å²) in [6.45, 7) is 0. The molecule has 5 aliphatic rings. The van der Waals surface area contributed by atoms with Gasteiger partial charge in [-0.25, -0.2) is 0 Å². The molecule has 3 aliphatic heterocycles. The first kappa shape index (κ1) is 27.7. The summed E-state index contributed by atoms with van der Waals surface area (Å²) >= 11 is 17.9. The van der Waals surface area contributed by atoms with Crippen LogP contribution in [0.5, 0.6) is 0 Å². The third-order valence-electron chi connectivity index (χ3n) is 6.31. The fourth-order valence-electron chi connectivity index (χ4n) is 4.49. The molecule has 5 fully saturated rings. The molecule has 5 unspecified atom stereocenters. The van der Waals surface area contributed by atoms with Gasteiger partial charge >= 0.3 is 0 Å². The number of hydrogen-bond acceptors (Lipinski definition) is 5. The van der Waals surface area contributed by atoms with E-state index in [-0.39, 0.29) is 22.0 Å². The molecule has 5 rings (SSSR count). The molecule has 0 aromatic carbocycles. The minimum Gasteiger partial charge on any atom is -0.337 e. The highest BCUT2D eigenvalue weighted by molar-refractivity contribution is 8.29. The maximum absolute atomic E-state index is 6.38. The van der Waals surface area contributed by atoms with E-state index < -0.39 is 31.6 Å². The third kappa shape index (κ3) is 7.35. The average molecular weight is 601 g/mol. The highest BCUT2D eigenvalue weighted by Crippen LogP contribution is 2.59. The van der Waals surface area contributed by atoms with E-state index in [4.69, 9.17) is 51.8 Å². The number of halogens is 2. The molecule has 3 saturated heterocycles. The zero-order valence-corrected chi connectivity index (χ0v) is 25.4. The zero-order chi connectivity index (χ0) is 22.7. The topological polar surface area (TPSA) is 43.4 Å². The number of nitrogens with zero attached hydrogens (tertiary/aromatic N) is 2. The zero-order valence-electron chi connectivity index (χ0n) is 18.7. The minimum atomic E-state index is -0.782. The van der Waals surface area contributed by atoms with Crippen LogP contribution >= 0.6 is 54.1 Å². The molecule has 186 valence electrons. The fraction of sp³-hybridized carbons (Fsp3) is 1.00. The van der Waals surface area contributed by atoms with E-state index in [1.807, 2.05) is 0 Å². The van der Waals surface area contributed by atoms with E-state index in [1.54, 1.807) is 0 Å². The molecule has 9 atom stereocenters. The monoisotopic (exact) mass is 600 g/mol. The maximum Gasteiger partial charge on any atom is 0.125 e. The molecule has 2 saturated carbocycles. The van der Waals surface area contributed by atoms with E-state index in [0.717, 1.165) is 50.3 Å². The molecule has 2 aliphatic carbocycles. The van der Waals surface area contributed by atoms with Crippen molar-refractivity contribution < 1.29 is 18.1 Å². The van der Waals surface area contributed by atoms with Crippen molar-refractivity contribution in [3.8, 4) is 0 Å². The van der Waals surface area contributed by atoms with Gasteiger partial charge in [-0.15, -0.1) is 0 Å². The summed E-state index contributed by atoms with van der Waals surface area (Å²) in [5, 5.41) is 0. The quantitative estimate of drug-likeness (QED) is 0.272. The van der Waals surface area contributed by atoms with Gasteiger partial charge in [0.2, 0.25) is 0 Å². The molecule has 14 heteroatoms. The lowest BCUT2D eigenvalue weighted by atomic mass is 9.95. The van der Waals surface area contributed by atoms with E-state index >= 15 is 0 Å². The molecule has 0 aromatic heterocycles. The van der Waals surface area contributed by atoms with Crippen molar-refractivity contribution in [1.29, 1.82) is 0 Å². The van der Waals surface area contributed by atoms with Crippen molar-refractivity contribution in [2.24, 2.45) is 0 Å². The Labute approximate surface area is 215 Å². The van der Waals surface area contributed by atoms with Gasteiger partial charge in [0, 0.05) is 48.6 Å². The van der Waals surface area contributed by atoms with Crippen molar-refractivity contribution in [3.05, 3.63) is 0 Å². The van der Waals surface area contributed by atoms with Gasteiger partial charge in [-0.05, 0) is 36.9 Å². The van der Waals surface area contributed by atoms with Crippen molar-refractivity contribution in [2.75, 3.05) is 38.7 Å². The van der Waals surface area contributed by atoms with E-state index in [2.05, 4.69) is 22.2 Å². The van der Waals surface area contributed by atoms with Crippen LogP contribution in [0.25, 0.3) is 0 Å². The molecule has 6 nitrogen and oxygen atoms in total. The first-order chi connectivity index (χ1) is 15.4. The predicted molar refractivity (Wildman–Crippen MR) is 146 cm³/mol. The predicted octanol–water partition coefficient (Wildman–Crippen LogP) is 7.20. The molecule has 0 aromatic rings. The highest BCUT2D eigenvalue weighted by atomic mass is 35.7. The number of hydrogen-bond donors (Lipinski definition) is 0. The minimum absolute atomic E-state index is 0.205. The van der Waals surface area contributed by atoms with Gasteiger partial charge in [-0.2, -0.15) is 8.15 Å². The summed E-state index contributed by atoms with van der Waals surface area (Å²) in [6, 6.07) is 0. The SMILES string of the molecule is CN1P2CCP(O[C@@H]3CCCC[C@@H]3O2)N(C)S1=S.ClP1CCP(Cl)O[C@@H]2CCCC[C@@H]2O1. The largest absolute Gasteiger partial charge is 0.337 e. The van der Waals surface area contributed by atoms with Crippen LogP contribution in [0.4, 0.5) is 0 Å². The Morgan fingerprint density at radius 2 is 1.00 bits per heavy atom. The van der Waals surface area contributed by atoms with E-state index in [0.29, 0.717) is 12.2 Å². The third-order valence-corrected chi connectivity index (χ3v) is 19.1. The van der Waals surface area contributed by atoms with Gasteiger partial charge in [-0.1, -0.05) is 48.2 Å². The Hall–Kier alpha value is 2.63. The lowest BCUT2D eigenvalue weighted by molar-refractivity contribution is 0.0321. The summed E-state index contributed by atoms with van der Waals surface area (Å²) in [4.78, 5) is 0. The second kappa shape index (κ2) is 13.4. The summed E-state index contributed by atoms with van der Waals surface area (Å²) in [5.74, 6) is 0. The van der Waals surface area contributed by atoms with Crippen LogP contribution in [0.3, 0.4) is 0 Å². The molecule has 0 radical (unpaired) electrons. The van der Waals surface area contributed by atoms with Crippen LogP contribution in [0.15, 0.2) is 0 Å². The van der Waals surface area contributed by atoms with Crippen LogP contribution in [0.1, 0.15) is 51.4 Å². The summed E-state index contributed by atoms with van der Waals surface area (Å²) in [6.07, 6.45) is 14.5. The van der Waals surface area contributed by atoms with Gasteiger partial charge in [0.15, 0.2) is 0 Å². The highest BCUT2D eigenvalue weighted by Gasteiger charge is 2.41. The standard InChI is InChI=1S/C10H20N2O2P2S2.C8H14Cl2O2P2/c1-11-15-7-8-16(12(2)18(11)17)14-10-6-4-3-5-9(10)13-15;9-13-5-6-14(10)12-8-4-2-1-3-7(8)11-13/h9-10H,3-8H2,1-2H3;7-8H,1-6H2/t9-,10+,15?,16?,18?;7-,8+,13?,14?. The van der Waals surface area contributed by atoms with Gasteiger partial charge < -0.3 is 18.1 Å². The summed E-state index contributed by atoms with van der Waals surface area (Å²) < 4.78 is 28.9. The molecule has 0 N–H and O–H groups in total. The first-order valence-electron chi connectivity index (χ1n) is 11.4. The van der Waals surface area contributed by atoms with Gasteiger partial charge in [0.25, 0.3) is 0 Å². The van der Waals surface area contributed by atoms with Gasteiger partial charge in [0.05, 0.1) is 24.4 Å². The molecule has 32 heavy (non-hydrogen) atoms. The lowest BCUT2D eigenvalue weighted by Gasteiger charge is -2.37. The second-order valence-corrected chi connectivity index (χ2v) is 20.3. The fourth-order valence-corrected chi connectivity index (χ4v) is 17.0. The molecule has 2 bridgehead atoms. The van der Waals surface area contributed by atoms with Crippen LogP contribution in [-0.4, -0.2) is 71.3 Å². The molecule has 0 amide bonds. The Kier molecular flexibility index (Phi) is 11.6. The smallest absolute Gasteiger partial charge is 0.125 e. The van der Waals surface area contributed by atoms with Crippen molar-refractivity contribution in [1.82, 2.24) is 8.15 Å². The van der Waals surface area contributed by atoms with Crippen LogP contribution in [-0.2, 0) is 39.1 Å². The number of fused-ring (bicyclic) bond motifs is 5. The van der Waals surface area contributed by atoms with Crippen molar-refractivity contribution >= 4 is 75.1 Å². The number of rotatable bonds is 0. The maximum atomic E-state index is 6.38. The van der Waals surface area contributed by atoms with E-state index in [1.165, 1.54) is 25.7 Å². The van der Waals surface area contributed by atoms with E-state index in [9.17, 15) is 0 Å². The summed E-state index contributed by atoms with van der Waals surface area (Å²) in [5.41, 5.74) is 0. The Balaban J connectivity index is 0.000000158. The lowest BCUT2D eigenvalue weighted by Crippen LogP contribution is -2.35. The molecular weight excluding hydrogens is 567 g/mol.